The van der Waals surface area contributed by atoms with E-state index in [2.05, 4.69) is 19.7 Å². The fourth-order valence-electron chi connectivity index (χ4n) is 1.91. The second-order valence-electron chi connectivity index (χ2n) is 4.44. The van der Waals surface area contributed by atoms with Gasteiger partial charge in [0, 0.05) is 11.3 Å². The van der Waals surface area contributed by atoms with E-state index in [9.17, 15) is 13.2 Å². The molecule has 9 heteroatoms. The Kier molecular flexibility index (Phi) is 3.26. The highest BCUT2D eigenvalue weighted by Crippen LogP contribution is 2.22. The van der Waals surface area contributed by atoms with E-state index in [1.807, 2.05) is 0 Å². The van der Waals surface area contributed by atoms with Crippen molar-refractivity contribution in [3.63, 3.8) is 0 Å². The number of aromatic nitrogens is 2. The van der Waals surface area contributed by atoms with E-state index in [0.717, 1.165) is 0 Å². The lowest BCUT2D eigenvalue weighted by atomic mass is 10.2. The Morgan fingerprint density at radius 2 is 1.82 bits per heavy atom. The Bertz CT molecular complexity index is 948. The Balaban J connectivity index is 1.97. The highest BCUT2D eigenvalue weighted by molar-refractivity contribution is 7.93. The van der Waals surface area contributed by atoms with Gasteiger partial charge in [0.2, 0.25) is 5.91 Å². The summed E-state index contributed by atoms with van der Waals surface area (Å²) >= 11 is 0. The van der Waals surface area contributed by atoms with Crippen molar-refractivity contribution >= 4 is 32.7 Å². The molecule has 1 heterocycles. The molecule has 2 aromatic carbocycles. The zero-order chi connectivity index (χ0) is 15.7. The number of hydrogen-bond acceptors (Lipinski definition) is 6. The van der Waals surface area contributed by atoms with Crippen LogP contribution in [-0.2, 0) is 10.0 Å². The lowest BCUT2D eigenvalue weighted by Crippen LogP contribution is -2.14. The molecule has 0 fully saturated rings. The van der Waals surface area contributed by atoms with Crippen molar-refractivity contribution < 1.29 is 17.8 Å². The minimum atomic E-state index is -3.87. The monoisotopic (exact) mass is 318 g/mol. The van der Waals surface area contributed by atoms with Gasteiger partial charge in [-0.15, -0.1) is 0 Å². The van der Waals surface area contributed by atoms with E-state index in [-0.39, 0.29) is 16.0 Å². The molecule has 0 aliphatic carbocycles. The van der Waals surface area contributed by atoms with Crippen LogP contribution in [0.4, 0.5) is 5.69 Å². The summed E-state index contributed by atoms with van der Waals surface area (Å²) < 4.78 is 31.8. The van der Waals surface area contributed by atoms with Gasteiger partial charge in [0.25, 0.3) is 10.0 Å². The number of benzene rings is 2. The second kappa shape index (κ2) is 5.11. The van der Waals surface area contributed by atoms with Crippen molar-refractivity contribution in [1.82, 2.24) is 10.3 Å². The van der Waals surface area contributed by atoms with Gasteiger partial charge in [-0.25, -0.2) is 13.0 Å². The number of rotatable bonds is 4. The van der Waals surface area contributed by atoms with Crippen molar-refractivity contribution in [2.75, 3.05) is 4.72 Å². The normalized spacial score (nSPS) is 11.5. The first-order chi connectivity index (χ1) is 10.5. The zero-order valence-electron chi connectivity index (χ0n) is 11.1. The minimum Gasteiger partial charge on any atom is -0.366 e. The maximum absolute atomic E-state index is 12.4. The maximum atomic E-state index is 12.4. The van der Waals surface area contributed by atoms with Gasteiger partial charge in [0.1, 0.15) is 10.4 Å². The summed E-state index contributed by atoms with van der Waals surface area (Å²) in [4.78, 5) is 10.9. The molecule has 0 spiro atoms. The lowest BCUT2D eigenvalue weighted by molar-refractivity contribution is 0.100. The van der Waals surface area contributed by atoms with Crippen LogP contribution >= 0.6 is 0 Å². The fourth-order valence-corrected chi connectivity index (χ4v) is 3.12. The largest absolute Gasteiger partial charge is 0.366 e. The average molecular weight is 318 g/mol. The SMILES string of the molecule is NC(=O)c1ccc(NS(=O)(=O)c2cccc3nonc23)cc1. The van der Waals surface area contributed by atoms with E-state index in [1.165, 1.54) is 36.4 Å². The molecule has 3 rings (SSSR count). The average Bonchev–Trinajstić information content (AvgIpc) is 2.95. The minimum absolute atomic E-state index is 0.0507. The number of carbonyl (C=O) groups is 1. The van der Waals surface area contributed by atoms with Crippen LogP contribution < -0.4 is 10.5 Å². The van der Waals surface area contributed by atoms with Gasteiger partial charge in [0.15, 0.2) is 5.52 Å². The number of nitrogens with one attached hydrogen (secondary N) is 1. The van der Waals surface area contributed by atoms with Crippen molar-refractivity contribution in [3.8, 4) is 0 Å². The van der Waals surface area contributed by atoms with Crippen LogP contribution in [0.1, 0.15) is 10.4 Å². The number of anilines is 1. The predicted molar refractivity (Wildman–Crippen MR) is 77.6 cm³/mol. The molecule has 0 saturated heterocycles. The van der Waals surface area contributed by atoms with Gasteiger partial charge in [-0.05, 0) is 46.7 Å². The Hall–Kier alpha value is -2.94. The third-order valence-electron chi connectivity index (χ3n) is 2.96. The molecule has 3 aromatic rings. The molecule has 0 aliphatic rings. The zero-order valence-corrected chi connectivity index (χ0v) is 11.9. The van der Waals surface area contributed by atoms with Crippen LogP contribution in [0.3, 0.4) is 0 Å². The number of sulfonamides is 1. The van der Waals surface area contributed by atoms with Gasteiger partial charge in [-0.1, -0.05) is 6.07 Å². The number of nitrogens with zero attached hydrogens (tertiary/aromatic N) is 2. The smallest absolute Gasteiger partial charge is 0.264 e. The molecule has 3 N–H and O–H groups in total. The van der Waals surface area contributed by atoms with E-state index in [1.54, 1.807) is 6.07 Å². The number of primary amides is 1. The number of hydrogen-bond donors (Lipinski definition) is 2. The molecule has 1 amide bonds. The summed E-state index contributed by atoms with van der Waals surface area (Å²) in [5, 5.41) is 7.20. The topological polar surface area (TPSA) is 128 Å². The third kappa shape index (κ3) is 2.49. The summed E-state index contributed by atoms with van der Waals surface area (Å²) in [6, 6.07) is 10.3. The summed E-state index contributed by atoms with van der Waals surface area (Å²) in [5.41, 5.74) is 6.18. The molecule has 0 atom stereocenters. The summed E-state index contributed by atoms with van der Waals surface area (Å²) in [7, 11) is -3.87. The molecule has 112 valence electrons. The van der Waals surface area contributed by atoms with Gasteiger partial charge in [-0.2, -0.15) is 0 Å². The van der Waals surface area contributed by atoms with Gasteiger partial charge in [0.05, 0.1) is 0 Å². The van der Waals surface area contributed by atoms with Gasteiger partial charge < -0.3 is 5.73 Å². The van der Waals surface area contributed by atoms with Crippen molar-refractivity contribution in [1.29, 1.82) is 0 Å². The number of fused-ring (bicyclic) bond motifs is 1. The van der Waals surface area contributed by atoms with Crippen LogP contribution in [0, 0.1) is 0 Å². The molecule has 0 radical (unpaired) electrons. The molecule has 0 aliphatic heterocycles. The predicted octanol–water partition coefficient (Wildman–Crippen LogP) is 1.12. The van der Waals surface area contributed by atoms with Gasteiger partial charge >= 0.3 is 0 Å². The van der Waals surface area contributed by atoms with E-state index < -0.39 is 15.9 Å². The van der Waals surface area contributed by atoms with Crippen molar-refractivity contribution in [3.05, 3.63) is 48.0 Å². The quantitative estimate of drug-likeness (QED) is 0.742. The van der Waals surface area contributed by atoms with Crippen LogP contribution in [0.2, 0.25) is 0 Å². The third-order valence-corrected chi connectivity index (χ3v) is 4.37. The summed E-state index contributed by atoms with van der Waals surface area (Å²) in [6.45, 7) is 0. The number of amides is 1. The molecule has 0 bridgehead atoms. The molecular weight excluding hydrogens is 308 g/mol. The number of carbonyl (C=O) groups excluding carboxylic acids is 1. The summed E-state index contributed by atoms with van der Waals surface area (Å²) in [5.74, 6) is -0.590. The first-order valence-electron chi connectivity index (χ1n) is 6.11. The second-order valence-corrected chi connectivity index (χ2v) is 6.09. The standard InChI is InChI=1S/C13H10N4O4S/c14-13(18)8-4-6-9(7-5-8)17-22(19,20)11-3-1-2-10-12(11)16-21-15-10/h1-7,17H,(H2,14,18). The number of nitrogens with two attached hydrogens (primary N) is 1. The van der Waals surface area contributed by atoms with Gasteiger partial charge in [-0.3, -0.25) is 9.52 Å². The molecule has 22 heavy (non-hydrogen) atoms. The van der Waals surface area contributed by atoms with Crippen molar-refractivity contribution in [2.45, 2.75) is 4.90 Å². The Morgan fingerprint density at radius 3 is 2.50 bits per heavy atom. The van der Waals surface area contributed by atoms with Crippen LogP contribution in [-0.4, -0.2) is 24.6 Å². The Morgan fingerprint density at radius 1 is 1.09 bits per heavy atom. The first-order valence-corrected chi connectivity index (χ1v) is 7.60. The van der Waals surface area contributed by atoms with Crippen LogP contribution in [0.5, 0.6) is 0 Å². The molecular formula is C13H10N4O4S. The lowest BCUT2D eigenvalue weighted by Gasteiger charge is -2.08. The van der Waals surface area contributed by atoms with Crippen LogP contribution in [0.15, 0.2) is 52.0 Å². The maximum Gasteiger partial charge on any atom is 0.264 e. The fraction of sp³-hybridized carbons (Fsp3) is 0. The van der Waals surface area contributed by atoms with Crippen LogP contribution in [0.25, 0.3) is 11.0 Å². The molecule has 1 aromatic heterocycles. The van der Waals surface area contributed by atoms with E-state index >= 15 is 0 Å². The highest BCUT2D eigenvalue weighted by atomic mass is 32.2. The molecule has 8 nitrogen and oxygen atoms in total. The van der Waals surface area contributed by atoms with E-state index in [4.69, 9.17) is 5.73 Å². The molecule has 0 saturated carbocycles. The Labute approximate surface area is 124 Å². The van der Waals surface area contributed by atoms with Crippen molar-refractivity contribution in [2.24, 2.45) is 5.73 Å². The highest BCUT2D eigenvalue weighted by Gasteiger charge is 2.20. The summed E-state index contributed by atoms with van der Waals surface area (Å²) in [6.07, 6.45) is 0. The van der Waals surface area contributed by atoms with E-state index in [0.29, 0.717) is 11.2 Å². The first kappa shape index (κ1) is 14.0. The molecule has 0 unspecified atom stereocenters.